The number of hydrogen-bond donors (Lipinski definition) is 2. The number of alkyl halides is 2. The summed E-state index contributed by atoms with van der Waals surface area (Å²) in [5.41, 5.74) is -2.30. The fourth-order valence-electron chi connectivity index (χ4n) is 2.28. The average molecular weight is 428 g/mol. The van der Waals surface area contributed by atoms with Gasteiger partial charge in [-0.05, 0) is 38.1 Å². The van der Waals surface area contributed by atoms with E-state index in [1.165, 1.54) is 17.7 Å². The van der Waals surface area contributed by atoms with Gasteiger partial charge in [0, 0.05) is 25.9 Å². The molecule has 1 heterocycles. The number of nitrogens with one attached hydrogen (secondary N) is 2. The van der Waals surface area contributed by atoms with E-state index in [9.17, 15) is 26.4 Å². The van der Waals surface area contributed by atoms with Crippen molar-refractivity contribution in [1.82, 2.24) is 9.29 Å². The molecule has 0 aliphatic rings. The summed E-state index contributed by atoms with van der Waals surface area (Å²) in [5, 5.41) is 11.3. The normalized spacial score (nSPS) is 12.5. The lowest BCUT2D eigenvalue weighted by atomic mass is 10.00. The topological polar surface area (TPSA) is 104 Å². The Hall–Kier alpha value is -2.84. The summed E-state index contributed by atoms with van der Waals surface area (Å²) >= 11 is 0. The van der Waals surface area contributed by atoms with Crippen LogP contribution in [0.3, 0.4) is 0 Å². The number of hydrogen-bond acceptors (Lipinski definition) is 4. The number of carbonyl (C=O) groups excluding carboxylic acids is 1. The highest BCUT2D eigenvalue weighted by molar-refractivity contribution is 7.89. The van der Waals surface area contributed by atoms with Crippen LogP contribution in [-0.4, -0.2) is 30.4 Å². The Morgan fingerprint density at radius 3 is 2.38 bits per heavy atom. The minimum atomic E-state index is -4.35. The number of benzene rings is 1. The fraction of sp³-hybridized carbons (Fsp3) is 0.333. The van der Waals surface area contributed by atoms with Gasteiger partial charge in [-0.25, -0.2) is 21.6 Å². The highest BCUT2D eigenvalue weighted by Gasteiger charge is 2.45. The molecule has 2 rings (SSSR count). The molecule has 0 aliphatic carbocycles. The van der Waals surface area contributed by atoms with E-state index in [-0.39, 0.29) is 21.8 Å². The first-order valence-electron chi connectivity index (χ1n) is 8.27. The molecule has 0 radical (unpaired) electrons. The second kappa shape index (κ2) is 7.53. The Morgan fingerprint density at radius 2 is 1.83 bits per heavy atom. The molecule has 0 saturated carbocycles. The quantitative estimate of drug-likeness (QED) is 0.738. The zero-order valence-electron chi connectivity index (χ0n) is 16.0. The predicted molar refractivity (Wildman–Crippen MR) is 99.5 cm³/mol. The largest absolute Gasteiger partial charge is 0.345 e. The van der Waals surface area contributed by atoms with Crippen molar-refractivity contribution in [3.63, 3.8) is 0 Å². The maximum absolute atomic E-state index is 13.6. The first-order valence-corrected chi connectivity index (χ1v) is 9.75. The number of rotatable bonds is 6. The van der Waals surface area contributed by atoms with Crippen LogP contribution in [0.15, 0.2) is 35.4 Å². The van der Waals surface area contributed by atoms with Gasteiger partial charge in [-0.15, -0.1) is 0 Å². The van der Waals surface area contributed by atoms with Crippen LogP contribution in [0.4, 0.5) is 18.9 Å². The lowest BCUT2D eigenvalue weighted by Gasteiger charge is -2.31. The lowest BCUT2D eigenvalue weighted by molar-refractivity contribution is -0.0488. The Balaban J connectivity index is 2.30. The molecule has 0 aliphatic heterocycles. The van der Waals surface area contributed by atoms with E-state index < -0.39 is 33.2 Å². The zero-order valence-corrected chi connectivity index (χ0v) is 16.9. The van der Waals surface area contributed by atoms with Gasteiger partial charge in [-0.3, -0.25) is 4.79 Å². The molecule has 11 heteroatoms. The molecule has 7 nitrogen and oxygen atoms in total. The van der Waals surface area contributed by atoms with E-state index in [1.807, 2.05) is 4.72 Å². The van der Waals surface area contributed by atoms with Crippen molar-refractivity contribution in [2.45, 2.75) is 37.1 Å². The molecule has 0 bridgehead atoms. The van der Waals surface area contributed by atoms with Gasteiger partial charge in [0.25, 0.3) is 11.8 Å². The van der Waals surface area contributed by atoms with Crippen LogP contribution < -0.4 is 10.0 Å². The molecule has 2 aromatic rings. The maximum atomic E-state index is 13.6. The molecular formula is C18H19F3N4O3S. The number of nitrogens with zero attached hydrogens (tertiary/aromatic N) is 2. The molecule has 1 aromatic heterocycles. The van der Waals surface area contributed by atoms with E-state index in [1.54, 1.807) is 6.07 Å². The average Bonchev–Trinajstić information content (AvgIpc) is 2.97. The molecule has 1 amide bonds. The number of halogens is 3. The van der Waals surface area contributed by atoms with Gasteiger partial charge in [-0.2, -0.15) is 9.98 Å². The predicted octanol–water partition coefficient (Wildman–Crippen LogP) is 3.00. The fourth-order valence-corrected chi connectivity index (χ4v) is 3.81. The maximum Gasteiger partial charge on any atom is 0.272 e. The van der Waals surface area contributed by atoms with Crippen molar-refractivity contribution in [2.75, 3.05) is 5.32 Å². The van der Waals surface area contributed by atoms with Gasteiger partial charge >= 0.3 is 0 Å². The van der Waals surface area contributed by atoms with Gasteiger partial charge in [0.1, 0.15) is 22.5 Å². The van der Waals surface area contributed by atoms with Gasteiger partial charge in [0.05, 0.1) is 11.1 Å². The van der Waals surface area contributed by atoms with Crippen molar-refractivity contribution in [3.8, 4) is 6.07 Å². The third-order valence-corrected chi connectivity index (χ3v) is 5.98. The summed E-state index contributed by atoms with van der Waals surface area (Å²) in [4.78, 5) is 12.1. The number of sulfonamides is 1. The minimum Gasteiger partial charge on any atom is -0.345 e. The van der Waals surface area contributed by atoms with E-state index in [0.717, 1.165) is 38.2 Å². The Kier molecular flexibility index (Phi) is 5.83. The molecule has 0 saturated heterocycles. The summed E-state index contributed by atoms with van der Waals surface area (Å²) in [5.74, 6) is -4.82. The summed E-state index contributed by atoms with van der Waals surface area (Å²) < 4.78 is 68.8. The third kappa shape index (κ3) is 4.78. The highest BCUT2D eigenvalue weighted by atomic mass is 32.2. The number of aromatic nitrogens is 1. The SMILES string of the molecule is Cn1cc(S(=O)(=O)NC(C)(C)C(C)(F)F)cc1C(=O)Nc1ccc(F)c(C#N)c1. The number of anilines is 1. The molecule has 0 atom stereocenters. The minimum absolute atomic E-state index is 0.0886. The molecule has 29 heavy (non-hydrogen) atoms. The van der Waals surface area contributed by atoms with Crippen LogP contribution in [0.5, 0.6) is 0 Å². The summed E-state index contributed by atoms with van der Waals surface area (Å²) in [6.07, 6.45) is 1.10. The number of amides is 1. The van der Waals surface area contributed by atoms with Crippen LogP contribution in [0.25, 0.3) is 0 Å². The third-order valence-electron chi connectivity index (χ3n) is 4.35. The first kappa shape index (κ1) is 22.4. The Bertz CT molecular complexity index is 1100. The summed E-state index contributed by atoms with van der Waals surface area (Å²) in [6, 6.07) is 6.03. The van der Waals surface area contributed by atoms with E-state index in [2.05, 4.69) is 5.32 Å². The van der Waals surface area contributed by atoms with Crippen LogP contribution >= 0.6 is 0 Å². The number of carbonyl (C=O) groups is 1. The smallest absolute Gasteiger partial charge is 0.272 e. The number of aryl methyl sites for hydroxylation is 1. The second-order valence-electron chi connectivity index (χ2n) is 7.05. The summed E-state index contributed by atoms with van der Waals surface area (Å²) in [6.45, 7) is 2.68. The van der Waals surface area contributed by atoms with Crippen LogP contribution in [0.2, 0.25) is 0 Å². The van der Waals surface area contributed by atoms with Crippen molar-refractivity contribution in [1.29, 1.82) is 5.26 Å². The van der Waals surface area contributed by atoms with Crippen LogP contribution in [0, 0.1) is 17.1 Å². The molecular weight excluding hydrogens is 409 g/mol. The molecule has 0 unspecified atom stereocenters. The molecule has 156 valence electrons. The zero-order chi connectivity index (χ0) is 22.2. The first-order chi connectivity index (χ1) is 13.2. The van der Waals surface area contributed by atoms with Gasteiger partial charge in [0.2, 0.25) is 10.0 Å². The van der Waals surface area contributed by atoms with E-state index >= 15 is 0 Å². The van der Waals surface area contributed by atoms with Crippen molar-refractivity contribution in [2.24, 2.45) is 7.05 Å². The standard InChI is InChI=1S/C18H19F3N4O3S/c1-17(2,18(3,20)21)24-29(27,28)13-8-15(25(4)10-13)16(26)23-12-5-6-14(19)11(7-12)9-22/h5-8,10,24H,1-4H3,(H,23,26). The van der Waals surface area contributed by atoms with Crippen molar-refractivity contribution < 1.29 is 26.4 Å². The van der Waals surface area contributed by atoms with Gasteiger partial charge in [0.15, 0.2) is 0 Å². The molecule has 0 fully saturated rings. The monoisotopic (exact) mass is 428 g/mol. The molecule has 1 aromatic carbocycles. The lowest BCUT2D eigenvalue weighted by Crippen LogP contribution is -2.54. The van der Waals surface area contributed by atoms with Crippen LogP contribution in [-0.2, 0) is 17.1 Å². The Labute approximate surface area is 166 Å². The van der Waals surface area contributed by atoms with Gasteiger partial charge < -0.3 is 9.88 Å². The second-order valence-corrected chi connectivity index (χ2v) is 8.73. The van der Waals surface area contributed by atoms with Crippen LogP contribution in [0.1, 0.15) is 36.8 Å². The van der Waals surface area contributed by atoms with Crippen molar-refractivity contribution in [3.05, 3.63) is 47.5 Å². The van der Waals surface area contributed by atoms with Crippen molar-refractivity contribution >= 4 is 21.6 Å². The van der Waals surface area contributed by atoms with E-state index in [4.69, 9.17) is 5.26 Å². The number of nitriles is 1. The highest BCUT2D eigenvalue weighted by Crippen LogP contribution is 2.29. The van der Waals surface area contributed by atoms with E-state index in [0.29, 0.717) is 6.92 Å². The molecule has 0 spiro atoms. The van der Waals surface area contributed by atoms with Gasteiger partial charge in [-0.1, -0.05) is 0 Å². The molecule has 2 N–H and O–H groups in total. The Morgan fingerprint density at radius 1 is 1.21 bits per heavy atom. The summed E-state index contributed by atoms with van der Waals surface area (Å²) in [7, 11) is -2.95.